The SMILES string of the molecule is CCO/C(=N\C(=O)Nc1cc(Cl)c(Oc2ccc([N+](=O)[O-])c(Cl)c2)c(Cl)c1)c1ccccc1F. The van der Waals surface area contributed by atoms with Crippen LogP contribution < -0.4 is 10.1 Å². The van der Waals surface area contributed by atoms with Crippen molar-refractivity contribution in [1.29, 1.82) is 0 Å². The number of nitro groups is 1. The van der Waals surface area contributed by atoms with Crippen LogP contribution >= 0.6 is 34.8 Å². The van der Waals surface area contributed by atoms with Gasteiger partial charge in [-0.25, -0.2) is 9.18 Å². The van der Waals surface area contributed by atoms with E-state index in [-0.39, 0.29) is 56.0 Å². The van der Waals surface area contributed by atoms with Crippen molar-refractivity contribution in [3.8, 4) is 11.5 Å². The van der Waals surface area contributed by atoms with Crippen LogP contribution in [0.2, 0.25) is 15.1 Å². The molecule has 0 aromatic heterocycles. The number of aliphatic imine (C=N–C) groups is 1. The third-order valence-corrected chi connectivity index (χ3v) is 5.04. The Morgan fingerprint density at radius 1 is 1.09 bits per heavy atom. The Morgan fingerprint density at radius 2 is 1.76 bits per heavy atom. The fourth-order valence-electron chi connectivity index (χ4n) is 2.73. The van der Waals surface area contributed by atoms with Crippen LogP contribution in [0.5, 0.6) is 11.5 Å². The number of carbonyl (C=O) groups is 1. The second-order valence-electron chi connectivity index (χ2n) is 6.50. The molecule has 3 rings (SSSR count). The van der Waals surface area contributed by atoms with Crippen molar-refractivity contribution in [2.75, 3.05) is 11.9 Å². The molecule has 0 radical (unpaired) electrons. The van der Waals surface area contributed by atoms with Gasteiger partial charge in [0.15, 0.2) is 5.75 Å². The summed E-state index contributed by atoms with van der Waals surface area (Å²) in [5.41, 5.74) is -0.0742. The predicted molar refractivity (Wildman–Crippen MR) is 128 cm³/mol. The lowest BCUT2D eigenvalue weighted by atomic mass is 10.2. The zero-order valence-electron chi connectivity index (χ0n) is 17.4. The number of ether oxygens (including phenoxy) is 2. The molecule has 0 unspecified atom stereocenters. The van der Waals surface area contributed by atoms with Crippen LogP contribution in [-0.4, -0.2) is 23.5 Å². The summed E-state index contributed by atoms with van der Waals surface area (Å²) in [4.78, 5) is 26.5. The maximum Gasteiger partial charge on any atom is 0.348 e. The van der Waals surface area contributed by atoms with Gasteiger partial charge in [0.25, 0.3) is 5.69 Å². The Morgan fingerprint density at radius 3 is 2.35 bits per heavy atom. The van der Waals surface area contributed by atoms with Gasteiger partial charge in [-0.3, -0.25) is 10.1 Å². The van der Waals surface area contributed by atoms with Crippen LogP contribution in [0.15, 0.2) is 59.6 Å². The molecule has 1 N–H and O–H groups in total. The van der Waals surface area contributed by atoms with Crippen LogP contribution in [0.25, 0.3) is 0 Å². The van der Waals surface area contributed by atoms with Gasteiger partial charge >= 0.3 is 6.03 Å². The Labute approximate surface area is 208 Å². The third-order valence-electron chi connectivity index (χ3n) is 4.17. The second-order valence-corrected chi connectivity index (χ2v) is 7.72. The molecule has 0 saturated heterocycles. The number of anilines is 1. The summed E-state index contributed by atoms with van der Waals surface area (Å²) >= 11 is 18.4. The number of amides is 2. The first-order valence-corrected chi connectivity index (χ1v) is 10.7. The highest BCUT2D eigenvalue weighted by atomic mass is 35.5. The van der Waals surface area contributed by atoms with E-state index >= 15 is 0 Å². The number of hydrogen-bond donors (Lipinski definition) is 1. The maximum atomic E-state index is 14.1. The molecule has 2 amide bonds. The summed E-state index contributed by atoms with van der Waals surface area (Å²) < 4.78 is 25.0. The van der Waals surface area contributed by atoms with Gasteiger partial charge in [-0.15, -0.1) is 0 Å². The van der Waals surface area contributed by atoms with E-state index in [1.54, 1.807) is 13.0 Å². The van der Waals surface area contributed by atoms with Crippen molar-refractivity contribution >= 4 is 58.1 Å². The molecule has 34 heavy (non-hydrogen) atoms. The van der Waals surface area contributed by atoms with E-state index < -0.39 is 16.8 Å². The van der Waals surface area contributed by atoms with E-state index in [9.17, 15) is 19.3 Å². The minimum atomic E-state index is -0.852. The van der Waals surface area contributed by atoms with E-state index in [2.05, 4.69) is 10.3 Å². The zero-order valence-corrected chi connectivity index (χ0v) is 19.6. The fraction of sp³-hybridized carbons (Fsp3) is 0.0909. The summed E-state index contributed by atoms with van der Waals surface area (Å²) in [7, 11) is 0. The number of benzene rings is 3. The summed E-state index contributed by atoms with van der Waals surface area (Å²) in [5, 5.41) is 13.3. The molecule has 0 aliphatic heterocycles. The van der Waals surface area contributed by atoms with E-state index in [0.29, 0.717) is 0 Å². The first-order chi connectivity index (χ1) is 16.2. The molecule has 8 nitrogen and oxygen atoms in total. The molecule has 0 atom stereocenters. The van der Waals surface area contributed by atoms with Crippen LogP contribution in [0.4, 0.5) is 20.6 Å². The molecule has 0 aliphatic rings. The average Bonchev–Trinajstić information content (AvgIpc) is 2.76. The predicted octanol–water partition coefficient (Wildman–Crippen LogP) is 7.50. The summed E-state index contributed by atoms with van der Waals surface area (Å²) in [6.07, 6.45) is 0. The lowest BCUT2D eigenvalue weighted by molar-refractivity contribution is -0.384. The topological polar surface area (TPSA) is 103 Å². The standard InChI is InChI=1S/C22H15Cl3FN3O5/c1-2-33-21(14-5-3-4-6-18(14)26)28-22(30)27-12-9-16(24)20(17(25)10-12)34-13-7-8-19(29(31)32)15(23)11-13/h3-11H,2H2,1H3,(H,27,30)/b28-21-. The van der Waals surface area contributed by atoms with Crippen molar-refractivity contribution < 1.29 is 23.6 Å². The number of urea groups is 1. The minimum Gasteiger partial charge on any atom is -0.477 e. The van der Waals surface area contributed by atoms with E-state index in [4.69, 9.17) is 44.3 Å². The van der Waals surface area contributed by atoms with Crippen molar-refractivity contribution in [2.24, 2.45) is 4.99 Å². The van der Waals surface area contributed by atoms with Gasteiger partial charge < -0.3 is 14.8 Å². The van der Waals surface area contributed by atoms with Crippen LogP contribution in [0, 0.1) is 15.9 Å². The summed E-state index contributed by atoms with van der Waals surface area (Å²) in [6.45, 7) is 1.83. The molecule has 0 fully saturated rings. The van der Waals surface area contributed by atoms with Crippen molar-refractivity contribution in [3.63, 3.8) is 0 Å². The highest BCUT2D eigenvalue weighted by Gasteiger charge is 2.17. The molecule has 0 aliphatic carbocycles. The normalized spacial score (nSPS) is 11.1. The molecule has 0 spiro atoms. The summed E-state index contributed by atoms with van der Waals surface area (Å²) in [6, 6.07) is 11.3. The Bertz CT molecular complexity index is 1260. The number of halogens is 4. The number of rotatable bonds is 6. The van der Waals surface area contributed by atoms with Gasteiger partial charge in [0.2, 0.25) is 5.90 Å². The van der Waals surface area contributed by atoms with Crippen LogP contribution in [-0.2, 0) is 4.74 Å². The molecule has 0 bridgehead atoms. The fourth-order valence-corrected chi connectivity index (χ4v) is 3.54. The maximum absolute atomic E-state index is 14.1. The molecule has 3 aromatic rings. The van der Waals surface area contributed by atoms with Gasteiger partial charge in [0, 0.05) is 17.8 Å². The van der Waals surface area contributed by atoms with Gasteiger partial charge in [-0.05, 0) is 37.3 Å². The molecule has 12 heteroatoms. The first-order valence-electron chi connectivity index (χ1n) is 9.57. The first kappa shape index (κ1) is 25.2. The van der Waals surface area contributed by atoms with E-state index in [0.717, 1.165) is 0 Å². The summed E-state index contributed by atoms with van der Waals surface area (Å²) in [5.74, 6) is -0.588. The van der Waals surface area contributed by atoms with Crippen LogP contribution in [0.3, 0.4) is 0 Å². The van der Waals surface area contributed by atoms with E-state index in [1.807, 2.05) is 0 Å². The van der Waals surface area contributed by atoms with Gasteiger partial charge in [0.05, 0.1) is 27.1 Å². The molecule has 0 heterocycles. The quantitative estimate of drug-likeness (QED) is 0.155. The van der Waals surface area contributed by atoms with Gasteiger partial charge in [-0.1, -0.05) is 46.9 Å². The largest absolute Gasteiger partial charge is 0.477 e. The Kier molecular flexibility index (Phi) is 8.27. The number of carbonyl (C=O) groups excluding carboxylic acids is 1. The number of nitrogens with one attached hydrogen (secondary N) is 1. The Hall–Kier alpha value is -3.40. The number of nitro benzene ring substituents is 1. The van der Waals surface area contributed by atoms with Crippen molar-refractivity contribution in [3.05, 3.63) is 91.2 Å². The highest BCUT2D eigenvalue weighted by Crippen LogP contribution is 2.40. The third kappa shape index (κ3) is 6.13. The van der Waals surface area contributed by atoms with Crippen LogP contribution in [0.1, 0.15) is 12.5 Å². The highest BCUT2D eigenvalue weighted by molar-refractivity contribution is 6.37. The number of nitrogens with zero attached hydrogens (tertiary/aromatic N) is 2. The molecule has 0 saturated carbocycles. The minimum absolute atomic E-state index is 0.0281. The molecular weight excluding hydrogens is 512 g/mol. The van der Waals surface area contributed by atoms with E-state index in [1.165, 1.54) is 48.5 Å². The number of hydrogen-bond acceptors (Lipinski definition) is 5. The van der Waals surface area contributed by atoms with Crippen molar-refractivity contribution in [1.82, 2.24) is 0 Å². The second kappa shape index (κ2) is 11.1. The molecular formula is C22H15Cl3FN3O5. The Balaban J connectivity index is 1.81. The average molecular weight is 527 g/mol. The van der Waals surface area contributed by atoms with Gasteiger partial charge in [0.1, 0.15) is 16.6 Å². The molecule has 3 aromatic carbocycles. The zero-order chi connectivity index (χ0) is 24.8. The molecule has 176 valence electrons. The van der Waals surface area contributed by atoms with Crippen molar-refractivity contribution in [2.45, 2.75) is 6.92 Å². The lowest BCUT2D eigenvalue weighted by Gasteiger charge is -2.12. The monoisotopic (exact) mass is 525 g/mol. The van der Waals surface area contributed by atoms with Gasteiger partial charge in [-0.2, -0.15) is 4.99 Å². The lowest BCUT2D eigenvalue weighted by Crippen LogP contribution is -2.15. The smallest absolute Gasteiger partial charge is 0.348 e.